The number of fused-ring (bicyclic) bond motifs is 5. The molecule has 4 unspecified atom stereocenters. The summed E-state index contributed by atoms with van der Waals surface area (Å²) in [7, 11) is 0. The lowest BCUT2D eigenvalue weighted by atomic mass is 9.81. The number of carbonyl (C=O) groups excluding carboxylic acids is 1. The van der Waals surface area contributed by atoms with Gasteiger partial charge in [-0.05, 0) is 53.4 Å². The number of hydrogen-bond donors (Lipinski definition) is 2. The molecule has 4 atom stereocenters. The summed E-state index contributed by atoms with van der Waals surface area (Å²) in [6, 6.07) is 15.6. The predicted octanol–water partition coefficient (Wildman–Crippen LogP) is 4.62. The average molecular weight is 417 g/mol. The Kier molecular flexibility index (Phi) is 4.36. The maximum Gasteiger partial charge on any atom is 0.417 e. The van der Waals surface area contributed by atoms with Gasteiger partial charge in [0, 0.05) is 12.0 Å². The molecule has 0 aromatic heterocycles. The van der Waals surface area contributed by atoms with E-state index in [2.05, 4.69) is 5.32 Å². The van der Waals surface area contributed by atoms with Gasteiger partial charge < -0.3 is 15.2 Å². The maximum atomic E-state index is 13.2. The molecule has 2 N–H and O–H groups in total. The number of rotatable bonds is 3. The SMILES string of the molecule is O=C(NC1CC2CC1CC2(O)C(F)(F)F)OCC1c2ccccc2-c2ccccc21. The predicted molar refractivity (Wildman–Crippen MR) is 104 cm³/mol. The lowest BCUT2D eigenvalue weighted by Crippen LogP contribution is -2.53. The number of hydrogen-bond acceptors (Lipinski definition) is 3. The molecular weight excluding hydrogens is 395 g/mol. The van der Waals surface area contributed by atoms with Crippen LogP contribution < -0.4 is 5.32 Å². The highest BCUT2D eigenvalue weighted by Gasteiger charge is 2.66. The van der Waals surface area contributed by atoms with Crippen molar-refractivity contribution in [2.75, 3.05) is 6.61 Å². The molecule has 5 rings (SSSR count). The molecule has 2 fully saturated rings. The Morgan fingerprint density at radius 2 is 1.67 bits per heavy atom. The molecule has 2 saturated carbocycles. The second-order valence-corrected chi connectivity index (χ2v) is 8.63. The van der Waals surface area contributed by atoms with E-state index in [1.165, 1.54) is 0 Å². The summed E-state index contributed by atoms with van der Waals surface area (Å²) in [4.78, 5) is 12.4. The number of nitrogens with one attached hydrogen (secondary N) is 1. The monoisotopic (exact) mass is 417 g/mol. The summed E-state index contributed by atoms with van der Waals surface area (Å²) in [5, 5.41) is 12.8. The molecule has 3 aliphatic rings. The molecule has 2 bridgehead atoms. The van der Waals surface area contributed by atoms with E-state index < -0.39 is 29.8 Å². The average Bonchev–Trinajstić information content (AvgIpc) is 3.35. The van der Waals surface area contributed by atoms with E-state index in [1.807, 2.05) is 48.5 Å². The number of carbonyl (C=O) groups is 1. The molecular formula is C23H22F3NO3. The highest BCUT2D eigenvalue weighted by molar-refractivity contribution is 5.79. The molecule has 0 radical (unpaired) electrons. The van der Waals surface area contributed by atoms with Crippen molar-refractivity contribution in [3.63, 3.8) is 0 Å². The summed E-state index contributed by atoms with van der Waals surface area (Å²) < 4.78 is 45.0. The van der Waals surface area contributed by atoms with Crippen molar-refractivity contribution in [1.29, 1.82) is 0 Å². The maximum absolute atomic E-state index is 13.2. The van der Waals surface area contributed by atoms with Crippen molar-refractivity contribution < 1.29 is 27.8 Å². The van der Waals surface area contributed by atoms with Crippen LogP contribution in [-0.2, 0) is 4.74 Å². The Hall–Kier alpha value is -2.54. The minimum absolute atomic E-state index is 0.0708. The zero-order valence-corrected chi connectivity index (χ0v) is 16.2. The first-order valence-corrected chi connectivity index (χ1v) is 10.2. The molecule has 7 heteroatoms. The number of ether oxygens (including phenoxy) is 1. The van der Waals surface area contributed by atoms with Gasteiger partial charge in [-0.2, -0.15) is 13.2 Å². The minimum atomic E-state index is -4.64. The van der Waals surface area contributed by atoms with Crippen LogP contribution in [0.1, 0.15) is 36.3 Å². The Balaban J connectivity index is 1.23. The van der Waals surface area contributed by atoms with E-state index in [9.17, 15) is 23.1 Å². The van der Waals surface area contributed by atoms with E-state index in [1.54, 1.807) is 0 Å². The third-order valence-electron chi connectivity index (χ3n) is 7.08. The van der Waals surface area contributed by atoms with Gasteiger partial charge in [-0.15, -0.1) is 0 Å². The van der Waals surface area contributed by atoms with Gasteiger partial charge in [-0.3, -0.25) is 0 Å². The summed E-state index contributed by atoms with van der Waals surface area (Å²) >= 11 is 0. The first-order valence-electron chi connectivity index (χ1n) is 10.2. The third-order valence-corrected chi connectivity index (χ3v) is 7.08. The first kappa shape index (κ1) is 19.4. The van der Waals surface area contributed by atoms with Crippen LogP contribution in [0.5, 0.6) is 0 Å². The fraction of sp³-hybridized carbons (Fsp3) is 0.435. The second-order valence-electron chi connectivity index (χ2n) is 8.63. The Bertz CT molecular complexity index is 946. The molecule has 30 heavy (non-hydrogen) atoms. The van der Waals surface area contributed by atoms with Crippen LogP contribution in [0.2, 0.25) is 0 Å². The smallest absolute Gasteiger partial charge is 0.417 e. The molecule has 1 amide bonds. The van der Waals surface area contributed by atoms with Gasteiger partial charge >= 0.3 is 12.3 Å². The Morgan fingerprint density at radius 3 is 2.20 bits per heavy atom. The summed E-state index contributed by atoms with van der Waals surface area (Å²) in [5.74, 6) is -1.33. The highest BCUT2D eigenvalue weighted by atomic mass is 19.4. The zero-order chi connectivity index (χ0) is 21.1. The van der Waals surface area contributed by atoms with Crippen LogP contribution in [0.15, 0.2) is 48.5 Å². The highest BCUT2D eigenvalue weighted by Crippen LogP contribution is 2.56. The lowest BCUT2D eigenvalue weighted by molar-refractivity contribution is -0.277. The largest absolute Gasteiger partial charge is 0.449 e. The van der Waals surface area contributed by atoms with Crippen molar-refractivity contribution in [1.82, 2.24) is 5.32 Å². The fourth-order valence-electron chi connectivity index (χ4n) is 5.62. The molecule has 4 nitrogen and oxygen atoms in total. The molecule has 3 aliphatic carbocycles. The van der Waals surface area contributed by atoms with Crippen LogP contribution >= 0.6 is 0 Å². The van der Waals surface area contributed by atoms with Gasteiger partial charge in [-0.1, -0.05) is 48.5 Å². The summed E-state index contributed by atoms with van der Waals surface area (Å²) in [6.07, 6.45) is -5.24. The molecule has 0 heterocycles. The van der Waals surface area contributed by atoms with Gasteiger partial charge in [0.1, 0.15) is 6.61 Å². The van der Waals surface area contributed by atoms with Crippen molar-refractivity contribution >= 4 is 6.09 Å². The van der Waals surface area contributed by atoms with E-state index in [4.69, 9.17) is 4.74 Å². The van der Waals surface area contributed by atoms with E-state index >= 15 is 0 Å². The van der Waals surface area contributed by atoms with Gasteiger partial charge in [0.25, 0.3) is 0 Å². The van der Waals surface area contributed by atoms with E-state index in [0.29, 0.717) is 0 Å². The Labute approximate surface area is 172 Å². The molecule has 0 saturated heterocycles. The molecule has 2 aromatic rings. The van der Waals surface area contributed by atoms with Crippen molar-refractivity contribution in [3.05, 3.63) is 59.7 Å². The summed E-state index contributed by atoms with van der Waals surface area (Å²) in [6.45, 7) is 0.160. The fourth-order valence-corrected chi connectivity index (χ4v) is 5.62. The standard InChI is InChI=1S/C23H22F3NO3/c24-23(25,26)22(29)11-13-9-14(22)10-20(13)27-21(28)30-12-19-17-7-3-1-5-15(17)16-6-2-4-8-18(16)19/h1-8,13-14,19-20,29H,9-12H2,(H,27,28). The number of alkyl carbamates (subject to hydrolysis) is 1. The second kappa shape index (κ2) is 6.74. The van der Waals surface area contributed by atoms with E-state index in [-0.39, 0.29) is 37.7 Å². The number of halogens is 3. The van der Waals surface area contributed by atoms with E-state index in [0.717, 1.165) is 22.3 Å². The zero-order valence-electron chi connectivity index (χ0n) is 16.2. The van der Waals surface area contributed by atoms with Gasteiger partial charge in [0.15, 0.2) is 5.60 Å². The summed E-state index contributed by atoms with van der Waals surface area (Å²) in [5.41, 5.74) is 1.82. The number of amides is 1. The van der Waals surface area contributed by atoms with Crippen molar-refractivity contribution in [3.8, 4) is 11.1 Å². The van der Waals surface area contributed by atoms with Crippen LogP contribution in [0, 0.1) is 11.8 Å². The van der Waals surface area contributed by atoms with Gasteiger partial charge in [0.2, 0.25) is 0 Å². The molecule has 0 spiro atoms. The number of aliphatic hydroxyl groups is 1. The number of alkyl halides is 3. The van der Waals surface area contributed by atoms with Crippen molar-refractivity contribution in [2.24, 2.45) is 11.8 Å². The minimum Gasteiger partial charge on any atom is -0.449 e. The lowest BCUT2D eigenvalue weighted by Gasteiger charge is -2.37. The molecule has 2 aromatic carbocycles. The molecule has 158 valence electrons. The number of benzene rings is 2. The quantitative estimate of drug-likeness (QED) is 0.767. The normalized spacial score (nSPS) is 29.5. The van der Waals surface area contributed by atoms with Gasteiger partial charge in [0.05, 0.1) is 0 Å². The van der Waals surface area contributed by atoms with Crippen LogP contribution in [0.4, 0.5) is 18.0 Å². The van der Waals surface area contributed by atoms with Crippen molar-refractivity contribution in [2.45, 2.75) is 43.0 Å². The topological polar surface area (TPSA) is 58.6 Å². The first-order chi connectivity index (χ1) is 14.3. The van der Waals surface area contributed by atoms with Crippen LogP contribution in [-0.4, -0.2) is 35.6 Å². The Morgan fingerprint density at radius 1 is 1.07 bits per heavy atom. The van der Waals surface area contributed by atoms with Crippen LogP contribution in [0.25, 0.3) is 11.1 Å². The van der Waals surface area contributed by atoms with Crippen LogP contribution in [0.3, 0.4) is 0 Å². The third kappa shape index (κ3) is 2.90. The molecule has 0 aliphatic heterocycles. The van der Waals surface area contributed by atoms with Gasteiger partial charge in [-0.25, -0.2) is 4.79 Å².